The van der Waals surface area contributed by atoms with E-state index in [9.17, 15) is 14.3 Å². The number of carbonyl (C=O) groups excluding carboxylic acids is 1. The third-order valence-electron chi connectivity index (χ3n) is 5.75. The monoisotopic (exact) mass is 430 g/mol. The average molecular weight is 431 g/mol. The topological polar surface area (TPSA) is 90.8 Å². The van der Waals surface area contributed by atoms with Crippen LogP contribution in [-0.2, 0) is 4.79 Å². The van der Waals surface area contributed by atoms with E-state index in [0.29, 0.717) is 0 Å². The number of rotatable bonds is 10. The van der Waals surface area contributed by atoms with Gasteiger partial charge in [-0.05, 0) is 49.1 Å². The Bertz CT molecular complexity index is 881. The second-order valence-electron chi connectivity index (χ2n) is 7.72. The SMILES string of the molecule is CCC(F)C(C)(O)C(C)(NCC=Cc1ccc(-c2ccc(OC)cc2)cc1)C(=O)NO. The third kappa shape index (κ3) is 5.50. The average Bonchev–Trinajstić information content (AvgIpc) is 2.80. The number of hydroxylamine groups is 1. The summed E-state index contributed by atoms with van der Waals surface area (Å²) in [5.41, 5.74) is 0.834. The number of aliphatic hydroxyl groups is 1. The van der Waals surface area contributed by atoms with Crippen LogP contribution in [0.5, 0.6) is 5.75 Å². The Hall–Kier alpha value is -2.74. The van der Waals surface area contributed by atoms with Crippen LogP contribution in [0, 0.1) is 0 Å². The van der Waals surface area contributed by atoms with Crippen LogP contribution in [0.4, 0.5) is 4.39 Å². The van der Waals surface area contributed by atoms with Gasteiger partial charge in [-0.3, -0.25) is 15.3 Å². The van der Waals surface area contributed by atoms with Gasteiger partial charge in [0.15, 0.2) is 0 Å². The van der Waals surface area contributed by atoms with Crippen LogP contribution in [0.1, 0.15) is 32.8 Å². The van der Waals surface area contributed by atoms with Gasteiger partial charge >= 0.3 is 0 Å². The number of ether oxygens (including phenoxy) is 1. The van der Waals surface area contributed by atoms with E-state index >= 15 is 0 Å². The van der Waals surface area contributed by atoms with Crippen molar-refractivity contribution < 1.29 is 24.2 Å². The normalized spacial score (nSPS) is 16.4. The van der Waals surface area contributed by atoms with E-state index < -0.39 is 23.2 Å². The molecule has 3 atom stereocenters. The Balaban J connectivity index is 2.07. The van der Waals surface area contributed by atoms with Crippen molar-refractivity contribution in [2.75, 3.05) is 13.7 Å². The molecule has 168 valence electrons. The zero-order valence-electron chi connectivity index (χ0n) is 18.4. The molecule has 2 aromatic carbocycles. The van der Waals surface area contributed by atoms with Crippen molar-refractivity contribution >= 4 is 12.0 Å². The van der Waals surface area contributed by atoms with Gasteiger partial charge in [0.05, 0.1) is 7.11 Å². The molecule has 31 heavy (non-hydrogen) atoms. The lowest BCUT2D eigenvalue weighted by molar-refractivity contribution is -0.154. The van der Waals surface area contributed by atoms with Crippen LogP contribution in [-0.4, -0.2) is 47.2 Å². The molecule has 2 rings (SSSR count). The van der Waals surface area contributed by atoms with Gasteiger partial charge in [0.25, 0.3) is 5.91 Å². The van der Waals surface area contributed by atoms with E-state index in [4.69, 9.17) is 9.94 Å². The van der Waals surface area contributed by atoms with Crippen LogP contribution in [0.25, 0.3) is 17.2 Å². The van der Waals surface area contributed by atoms with E-state index in [-0.39, 0.29) is 13.0 Å². The van der Waals surface area contributed by atoms with Gasteiger partial charge < -0.3 is 9.84 Å². The van der Waals surface area contributed by atoms with Gasteiger partial charge in [-0.1, -0.05) is 55.5 Å². The Kier molecular flexibility index (Phi) is 8.33. The maximum Gasteiger partial charge on any atom is 0.266 e. The lowest BCUT2D eigenvalue weighted by Gasteiger charge is -2.43. The molecule has 0 spiro atoms. The van der Waals surface area contributed by atoms with E-state index in [2.05, 4.69) is 5.32 Å². The van der Waals surface area contributed by atoms with Crippen molar-refractivity contribution in [3.63, 3.8) is 0 Å². The largest absolute Gasteiger partial charge is 0.497 e. The van der Waals surface area contributed by atoms with Gasteiger partial charge in [0.1, 0.15) is 23.1 Å². The van der Waals surface area contributed by atoms with Crippen molar-refractivity contribution in [2.45, 2.75) is 44.5 Å². The zero-order valence-corrected chi connectivity index (χ0v) is 18.4. The number of amides is 1. The smallest absolute Gasteiger partial charge is 0.266 e. The summed E-state index contributed by atoms with van der Waals surface area (Å²) < 4.78 is 19.5. The van der Waals surface area contributed by atoms with Gasteiger partial charge in [0.2, 0.25) is 0 Å². The Morgan fingerprint density at radius 1 is 1.13 bits per heavy atom. The number of hydrogen-bond acceptors (Lipinski definition) is 5. The molecule has 0 aromatic heterocycles. The molecule has 0 aliphatic heterocycles. The minimum atomic E-state index is -2.03. The molecular formula is C24H31FN2O4. The summed E-state index contributed by atoms with van der Waals surface area (Å²) in [5.74, 6) is -0.111. The second-order valence-corrected chi connectivity index (χ2v) is 7.72. The van der Waals surface area contributed by atoms with E-state index in [0.717, 1.165) is 22.4 Å². The van der Waals surface area contributed by atoms with Crippen molar-refractivity contribution in [3.05, 3.63) is 60.2 Å². The zero-order chi connectivity index (χ0) is 23.1. The van der Waals surface area contributed by atoms with E-state index in [1.54, 1.807) is 20.1 Å². The molecule has 7 heteroatoms. The first-order valence-electron chi connectivity index (χ1n) is 10.2. The summed E-state index contributed by atoms with van der Waals surface area (Å²) in [6.07, 6.45) is 1.99. The summed E-state index contributed by atoms with van der Waals surface area (Å²) in [5, 5.41) is 22.6. The number of benzene rings is 2. The summed E-state index contributed by atoms with van der Waals surface area (Å²) in [7, 11) is 1.63. The molecule has 6 nitrogen and oxygen atoms in total. The fourth-order valence-corrected chi connectivity index (χ4v) is 3.34. The fraction of sp³-hybridized carbons (Fsp3) is 0.375. The van der Waals surface area contributed by atoms with Crippen LogP contribution in [0.2, 0.25) is 0 Å². The van der Waals surface area contributed by atoms with Gasteiger partial charge in [-0.15, -0.1) is 0 Å². The van der Waals surface area contributed by atoms with Crippen molar-refractivity contribution in [2.24, 2.45) is 0 Å². The first-order valence-corrected chi connectivity index (χ1v) is 10.2. The molecule has 0 saturated carbocycles. The maximum atomic E-state index is 14.3. The highest BCUT2D eigenvalue weighted by molar-refractivity contribution is 5.86. The molecule has 4 N–H and O–H groups in total. The van der Waals surface area contributed by atoms with Crippen molar-refractivity contribution in [3.8, 4) is 16.9 Å². The highest BCUT2D eigenvalue weighted by Gasteiger charge is 2.53. The molecule has 1 amide bonds. The molecule has 0 heterocycles. The molecule has 0 fully saturated rings. The van der Waals surface area contributed by atoms with Crippen LogP contribution in [0.3, 0.4) is 0 Å². The maximum absolute atomic E-state index is 14.3. The summed E-state index contributed by atoms with van der Waals surface area (Å²) in [4.78, 5) is 12.2. The first kappa shape index (κ1) is 24.5. The van der Waals surface area contributed by atoms with Crippen LogP contribution >= 0.6 is 0 Å². The Morgan fingerprint density at radius 3 is 2.16 bits per heavy atom. The standard InChI is InChI=1S/C24H31FN2O4/c1-5-21(25)24(3,29)23(2,22(28)27-30)26-16-6-7-17-8-10-18(11-9-17)19-12-14-20(31-4)15-13-19/h6-15,21,26,29-30H,5,16H2,1-4H3,(H,27,28). The predicted molar refractivity (Wildman–Crippen MR) is 120 cm³/mol. The number of carbonyl (C=O) groups is 1. The third-order valence-corrected chi connectivity index (χ3v) is 5.75. The van der Waals surface area contributed by atoms with Crippen molar-refractivity contribution in [1.29, 1.82) is 0 Å². The number of halogens is 1. The molecule has 2 aromatic rings. The van der Waals surface area contributed by atoms with E-state index in [1.165, 1.54) is 19.3 Å². The van der Waals surface area contributed by atoms with Crippen LogP contribution in [0.15, 0.2) is 54.6 Å². The number of nitrogens with one attached hydrogen (secondary N) is 2. The van der Waals surface area contributed by atoms with Gasteiger partial charge in [-0.25, -0.2) is 9.87 Å². The molecule has 0 aliphatic rings. The van der Waals surface area contributed by atoms with Gasteiger partial charge in [0, 0.05) is 6.54 Å². The van der Waals surface area contributed by atoms with Gasteiger partial charge in [-0.2, -0.15) is 0 Å². The highest BCUT2D eigenvalue weighted by atomic mass is 19.1. The second kappa shape index (κ2) is 10.5. The van der Waals surface area contributed by atoms with E-state index in [1.807, 2.05) is 54.6 Å². The number of alkyl halides is 1. The lowest BCUT2D eigenvalue weighted by Crippen LogP contribution is -2.70. The summed E-state index contributed by atoms with van der Waals surface area (Å²) in [6.45, 7) is 4.35. The number of methoxy groups -OCH3 is 1. The lowest BCUT2D eigenvalue weighted by atomic mass is 9.77. The Morgan fingerprint density at radius 2 is 1.68 bits per heavy atom. The predicted octanol–water partition coefficient (Wildman–Crippen LogP) is 3.73. The van der Waals surface area contributed by atoms with Crippen LogP contribution < -0.4 is 15.5 Å². The van der Waals surface area contributed by atoms with Crippen molar-refractivity contribution in [1.82, 2.24) is 10.8 Å². The molecule has 3 unspecified atom stereocenters. The minimum absolute atomic E-state index is 0.0271. The summed E-state index contributed by atoms with van der Waals surface area (Å²) >= 11 is 0. The molecule has 0 aliphatic carbocycles. The molecule has 0 bridgehead atoms. The quantitative estimate of drug-likeness (QED) is 0.341. The minimum Gasteiger partial charge on any atom is -0.497 e. The highest BCUT2D eigenvalue weighted by Crippen LogP contribution is 2.30. The fourth-order valence-electron chi connectivity index (χ4n) is 3.34. The number of hydrogen-bond donors (Lipinski definition) is 4. The summed E-state index contributed by atoms with van der Waals surface area (Å²) in [6, 6.07) is 15.7. The first-order chi connectivity index (χ1) is 14.7. The Labute approximate surface area is 182 Å². The molecule has 0 radical (unpaired) electrons. The molecular weight excluding hydrogens is 399 g/mol. The molecule has 0 saturated heterocycles.